The van der Waals surface area contributed by atoms with Gasteiger partial charge in [0.25, 0.3) is 15.9 Å². The molecule has 0 saturated carbocycles. The van der Waals surface area contributed by atoms with Gasteiger partial charge in [-0.2, -0.15) is 0 Å². The maximum Gasteiger partial charge on any atom is 0.268 e. The Balaban J connectivity index is 1.78. The quantitative estimate of drug-likeness (QED) is 0.337. The molecule has 5 rings (SSSR count). The number of benzene rings is 4. The Kier molecular flexibility index (Phi) is 6.29. The Bertz CT molecular complexity index is 1530. The number of nitrogens with zero attached hydrogens (tertiary/aromatic N) is 1. The van der Waals surface area contributed by atoms with E-state index in [-0.39, 0.29) is 17.3 Å². The molecule has 1 amide bonds. The first-order valence-corrected chi connectivity index (χ1v) is 13.0. The van der Waals surface area contributed by atoms with E-state index in [4.69, 9.17) is 0 Å². The molecule has 1 atom stereocenters. The summed E-state index contributed by atoms with van der Waals surface area (Å²) in [7, 11) is -4.15. The Morgan fingerprint density at radius 2 is 1.31 bits per heavy atom. The van der Waals surface area contributed by atoms with E-state index in [2.05, 4.69) is 0 Å². The molecule has 1 heterocycles. The van der Waals surface area contributed by atoms with Crippen molar-refractivity contribution in [1.29, 1.82) is 0 Å². The second-order valence-electron chi connectivity index (χ2n) is 8.78. The first-order valence-electron chi connectivity index (χ1n) is 11.6. The molecular weight excluding hydrogens is 473 g/mol. The molecule has 1 unspecified atom stereocenters. The molecule has 0 fully saturated rings. The van der Waals surface area contributed by atoms with Gasteiger partial charge < -0.3 is 0 Å². The van der Waals surface area contributed by atoms with Gasteiger partial charge in [0, 0.05) is 12.5 Å². The molecule has 0 radical (unpaired) electrons. The molecule has 1 aliphatic heterocycles. The zero-order chi connectivity index (χ0) is 25.3. The number of carbonyl (C=O) groups excluding carboxylic acids is 1. The fraction of sp³-hybridized carbons (Fsp3) is 0.100. The van der Waals surface area contributed by atoms with Crippen molar-refractivity contribution in [2.45, 2.75) is 17.7 Å². The van der Waals surface area contributed by atoms with Crippen molar-refractivity contribution in [3.8, 4) is 0 Å². The second-order valence-corrected chi connectivity index (χ2v) is 10.6. The number of halogens is 1. The second kappa shape index (κ2) is 9.55. The maximum absolute atomic E-state index is 14.1. The largest absolute Gasteiger partial charge is 0.268 e. The lowest BCUT2D eigenvalue weighted by atomic mass is 9.79. The smallest absolute Gasteiger partial charge is 0.268 e. The van der Waals surface area contributed by atoms with Crippen molar-refractivity contribution >= 4 is 27.1 Å². The van der Waals surface area contributed by atoms with Crippen LogP contribution in [0.3, 0.4) is 0 Å². The minimum absolute atomic E-state index is 0.0508. The van der Waals surface area contributed by atoms with Crippen LogP contribution < -0.4 is 0 Å². The number of carbonyl (C=O) groups is 1. The molecule has 4 aromatic rings. The highest BCUT2D eigenvalue weighted by molar-refractivity contribution is 7.89. The van der Waals surface area contributed by atoms with Crippen LogP contribution in [0.5, 0.6) is 0 Å². The van der Waals surface area contributed by atoms with E-state index in [0.717, 1.165) is 21.0 Å². The Labute approximate surface area is 210 Å². The maximum atomic E-state index is 14.1. The topological polar surface area (TPSA) is 54.5 Å². The number of sulfonamides is 1. The highest BCUT2D eigenvalue weighted by Crippen LogP contribution is 2.44. The summed E-state index contributed by atoms with van der Waals surface area (Å²) in [6.07, 6.45) is 0. The van der Waals surface area contributed by atoms with Crippen LogP contribution in [0.25, 0.3) is 11.1 Å². The lowest BCUT2D eigenvalue weighted by Gasteiger charge is -2.36. The van der Waals surface area contributed by atoms with Crippen molar-refractivity contribution < 1.29 is 17.6 Å². The van der Waals surface area contributed by atoms with Crippen LogP contribution in [0.1, 0.15) is 28.2 Å². The summed E-state index contributed by atoms with van der Waals surface area (Å²) >= 11 is 0. The molecule has 1 aliphatic rings. The summed E-state index contributed by atoms with van der Waals surface area (Å²) in [4.78, 5) is 14.1. The summed E-state index contributed by atoms with van der Waals surface area (Å²) in [5, 5.41) is 0. The van der Waals surface area contributed by atoms with E-state index in [0.29, 0.717) is 16.7 Å². The average Bonchev–Trinajstić information content (AvgIpc) is 2.90. The highest BCUT2D eigenvalue weighted by atomic mass is 32.2. The lowest BCUT2D eigenvalue weighted by molar-refractivity contribution is -0.121. The standard InChI is InChI=1S/C30H24FNO3S/c1-21-12-18-26(19-13-21)36(34,35)32-20-27(22-14-16-25(31)17-15-22)28(23-8-4-2-5-9-23)29(30(32)33)24-10-6-3-7-11-24/h2-19,27H,20H2,1H3. The van der Waals surface area contributed by atoms with Crippen molar-refractivity contribution in [3.05, 3.63) is 137 Å². The first kappa shape index (κ1) is 23.7. The molecule has 0 aromatic heterocycles. The minimum atomic E-state index is -4.15. The third kappa shape index (κ3) is 4.36. The molecule has 0 saturated heterocycles. The summed E-state index contributed by atoms with van der Waals surface area (Å²) < 4.78 is 42.3. The van der Waals surface area contributed by atoms with Crippen molar-refractivity contribution in [1.82, 2.24) is 4.31 Å². The SMILES string of the molecule is Cc1ccc(S(=O)(=O)N2CC(c3ccc(F)cc3)C(c3ccccc3)=C(c3ccccc3)C2=O)cc1. The number of amides is 1. The third-order valence-corrected chi connectivity index (χ3v) is 8.20. The van der Waals surface area contributed by atoms with Gasteiger partial charge in [-0.05, 0) is 53.5 Å². The molecule has 36 heavy (non-hydrogen) atoms. The molecule has 0 aliphatic carbocycles. The molecular formula is C30H24FNO3S. The predicted octanol–water partition coefficient (Wildman–Crippen LogP) is 6.06. The Morgan fingerprint density at radius 1 is 0.750 bits per heavy atom. The van der Waals surface area contributed by atoms with E-state index in [1.807, 2.05) is 55.5 Å². The molecule has 180 valence electrons. The molecule has 0 bridgehead atoms. The molecule has 0 spiro atoms. The molecule has 4 nitrogen and oxygen atoms in total. The molecule has 6 heteroatoms. The lowest BCUT2D eigenvalue weighted by Crippen LogP contribution is -2.44. The monoisotopic (exact) mass is 497 g/mol. The van der Waals surface area contributed by atoms with Crippen LogP contribution in [-0.4, -0.2) is 25.2 Å². The van der Waals surface area contributed by atoms with Crippen LogP contribution in [0, 0.1) is 12.7 Å². The number of hydrogen-bond acceptors (Lipinski definition) is 3. The molecule has 4 aromatic carbocycles. The zero-order valence-corrected chi connectivity index (χ0v) is 20.5. The van der Waals surface area contributed by atoms with Crippen LogP contribution in [0.2, 0.25) is 0 Å². The van der Waals surface area contributed by atoms with Crippen LogP contribution in [0.15, 0.2) is 114 Å². The summed E-state index contributed by atoms with van der Waals surface area (Å²) in [6, 6.07) is 31.0. The van der Waals surface area contributed by atoms with Gasteiger partial charge in [0.15, 0.2) is 0 Å². The third-order valence-electron chi connectivity index (χ3n) is 6.44. The van der Waals surface area contributed by atoms with Crippen LogP contribution in [-0.2, 0) is 14.8 Å². The zero-order valence-electron chi connectivity index (χ0n) is 19.6. The number of aryl methyl sites for hydroxylation is 1. The fourth-order valence-electron chi connectivity index (χ4n) is 4.61. The predicted molar refractivity (Wildman–Crippen MR) is 139 cm³/mol. The van der Waals surface area contributed by atoms with Gasteiger partial charge in [-0.15, -0.1) is 0 Å². The first-order chi connectivity index (χ1) is 17.4. The van der Waals surface area contributed by atoms with Gasteiger partial charge in [0.1, 0.15) is 5.82 Å². The Morgan fingerprint density at radius 3 is 1.89 bits per heavy atom. The van der Waals surface area contributed by atoms with Crippen molar-refractivity contribution in [2.24, 2.45) is 0 Å². The van der Waals surface area contributed by atoms with Crippen LogP contribution in [0.4, 0.5) is 4.39 Å². The Hall–Kier alpha value is -4.03. The van der Waals surface area contributed by atoms with E-state index < -0.39 is 21.8 Å². The van der Waals surface area contributed by atoms with E-state index >= 15 is 0 Å². The minimum Gasteiger partial charge on any atom is -0.268 e. The van der Waals surface area contributed by atoms with Gasteiger partial charge in [-0.3, -0.25) is 4.79 Å². The summed E-state index contributed by atoms with van der Waals surface area (Å²) in [6.45, 7) is 1.77. The van der Waals surface area contributed by atoms with Gasteiger partial charge in [0.05, 0.1) is 10.5 Å². The summed E-state index contributed by atoms with van der Waals surface area (Å²) in [5.74, 6) is -1.47. The number of hydrogen-bond donors (Lipinski definition) is 0. The number of rotatable bonds is 5. The van der Waals surface area contributed by atoms with Gasteiger partial charge in [-0.1, -0.05) is 90.5 Å². The van der Waals surface area contributed by atoms with E-state index in [9.17, 15) is 17.6 Å². The fourth-order valence-corrected chi connectivity index (χ4v) is 6.00. The molecule has 0 N–H and O–H groups in total. The van der Waals surface area contributed by atoms with Crippen LogP contribution >= 0.6 is 0 Å². The summed E-state index contributed by atoms with van der Waals surface area (Å²) in [5.41, 5.74) is 4.11. The van der Waals surface area contributed by atoms with Crippen molar-refractivity contribution in [2.75, 3.05) is 6.54 Å². The van der Waals surface area contributed by atoms with Gasteiger partial charge in [-0.25, -0.2) is 17.1 Å². The van der Waals surface area contributed by atoms with Gasteiger partial charge in [0.2, 0.25) is 0 Å². The van der Waals surface area contributed by atoms with Crippen molar-refractivity contribution in [3.63, 3.8) is 0 Å². The highest BCUT2D eigenvalue weighted by Gasteiger charge is 2.41. The normalized spacial score (nSPS) is 16.3. The average molecular weight is 498 g/mol. The van der Waals surface area contributed by atoms with E-state index in [1.54, 1.807) is 36.4 Å². The van der Waals surface area contributed by atoms with E-state index in [1.165, 1.54) is 24.3 Å². The van der Waals surface area contributed by atoms with Gasteiger partial charge >= 0.3 is 0 Å².